The third kappa shape index (κ3) is 3.16. The lowest BCUT2D eigenvalue weighted by Gasteiger charge is -2.32. The first-order valence-corrected chi connectivity index (χ1v) is 7.03. The Morgan fingerprint density at radius 3 is 2.83 bits per heavy atom. The Hall–Kier alpha value is -1.22. The number of anilines is 1. The lowest BCUT2D eigenvalue weighted by atomic mass is 9.84. The molecule has 0 bridgehead atoms. The van der Waals surface area contributed by atoms with Gasteiger partial charge in [-0.25, -0.2) is 0 Å². The predicted molar refractivity (Wildman–Crippen MR) is 76.0 cm³/mol. The van der Waals surface area contributed by atoms with Gasteiger partial charge >= 0.3 is 0 Å². The lowest BCUT2D eigenvalue weighted by Crippen LogP contribution is -2.36. The summed E-state index contributed by atoms with van der Waals surface area (Å²) in [6, 6.07) is 8.66. The molecule has 18 heavy (non-hydrogen) atoms. The van der Waals surface area contributed by atoms with Crippen LogP contribution >= 0.6 is 0 Å². The maximum Gasteiger partial charge on any atom is 0.142 e. The quantitative estimate of drug-likeness (QED) is 0.842. The Morgan fingerprint density at radius 1 is 1.28 bits per heavy atom. The summed E-state index contributed by atoms with van der Waals surface area (Å²) in [7, 11) is 0. The van der Waals surface area contributed by atoms with Gasteiger partial charge in [-0.3, -0.25) is 0 Å². The number of hydrogen-bond acceptors (Lipinski definition) is 3. The summed E-state index contributed by atoms with van der Waals surface area (Å²) >= 11 is 0. The van der Waals surface area contributed by atoms with Crippen LogP contribution in [0, 0.1) is 5.92 Å². The molecule has 1 aliphatic carbocycles. The molecule has 2 atom stereocenters. The molecule has 0 amide bonds. The van der Waals surface area contributed by atoms with Crippen LogP contribution in [0.4, 0.5) is 5.69 Å². The number of para-hydroxylation sites is 2. The summed E-state index contributed by atoms with van der Waals surface area (Å²) in [5.74, 6) is 1.54. The summed E-state index contributed by atoms with van der Waals surface area (Å²) in [4.78, 5) is 0. The van der Waals surface area contributed by atoms with Gasteiger partial charge in [-0.15, -0.1) is 0 Å². The van der Waals surface area contributed by atoms with E-state index < -0.39 is 0 Å². The van der Waals surface area contributed by atoms with Gasteiger partial charge in [0.25, 0.3) is 0 Å². The van der Waals surface area contributed by atoms with E-state index >= 15 is 0 Å². The van der Waals surface area contributed by atoms with Gasteiger partial charge in [0.2, 0.25) is 0 Å². The molecule has 1 aliphatic rings. The Labute approximate surface area is 110 Å². The van der Waals surface area contributed by atoms with Crippen molar-refractivity contribution in [2.75, 3.05) is 18.5 Å². The SMILES string of the molecule is CCOc1ccccc1NC1CCCCC1CN. The predicted octanol–water partition coefficient (Wildman–Crippen LogP) is 3.01. The lowest BCUT2D eigenvalue weighted by molar-refractivity contribution is 0.325. The van der Waals surface area contributed by atoms with E-state index in [0.29, 0.717) is 18.6 Å². The maximum absolute atomic E-state index is 5.87. The van der Waals surface area contributed by atoms with Crippen LogP contribution in [-0.4, -0.2) is 19.2 Å². The van der Waals surface area contributed by atoms with E-state index in [2.05, 4.69) is 11.4 Å². The molecule has 0 aliphatic heterocycles. The Morgan fingerprint density at radius 2 is 2.06 bits per heavy atom. The number of nitrogens with two attached hydrogens (primary N) is 1. The van der Waals surface area contributed by atoms with Crippen LogP contribution in [0.5, 0.6) is 5.75 Å². The van der Waals surface area contributed by atoms with Crippen molar-refractivity contribution in [2.24, 2.45) is 11.7 Å². The minimum atomic E-state index is 0.491. The fraction of sp³-hybridized carbons (Fsp3) is 0.600. The molecule has 3 heteroatoms. The highest BCUT2D eigenvalue weighted by Gasteiger charge is 2.24. The first kappa shape index (κ1) is 13.2. The highest BCUT2D eigenvalue weighted by Crippen LogP contribution is 2.30. The number of nitrogens with one attached hydrogen (secondary N) is 1. The molecule has 1 aromatic carbocycles. The maximum atomic E-state index is 5.87. The highest BCUT2D eigenvalue weighted by atomic mass is 16.5. The number of ether oxygens (including phenoxy) is 1. The van der Waals surface area contributed by atoms with Crippen molar-refractivity contribution in [2.45, 2.75) is 38.6 Å². The van der Waals surface area contributed by atoms with E-state index in [1.807, 2.05) is 25.1 Å². The second-order valence-corrected chi connectivity index (χ2v) is 4.96. The number of rotatable bonds is 5. The molecule has 100 valence electrons. The first-order chi connectivity index (χ1) is 8.85. The van der Waals surface area contributed by atoms with E-state index in [-0.39, 0.29) is 0 Å². The first-order valence-electron chi connectivity index (χ1n) is 7.03. The van der Waals surface area contributed by atoms with Gasteiger partial charge in [-0.1, -0.05) is 25.0 Å². The highest BCUT2D eigenvalue weighted by molar-refractivity contribution is 5.56. The fourth-order valence-corrected chi connectivity index (χ4v) is 2.75. The third-order valence-corrected chi connectivity index (χ3v) is 3.74. The monoisotopic (exact) mass is 248 g/mol. The molecule has 1 aromatic rings. The summed E-state index contributed by atoms with van der Waals surface area (Å²) in [6.07, 6.45) is 5.06. The van der Waals surface area contributed by atoms with Crippen LogP contribution in [0.1, 0.15) is 32.6 Å². The second kappa shape index (κ2) is 6.64. The second-order valence-electron chi connectivity index (χ2n) is 4.96. The zero-order chi connectivity index (χ0) is 12.8. The van der Waals surface area contributed by atoms with Crippen LogP contribution in [-0.2, 0) is 0 Å². The molecular formula is C15H24N2O. The van der Waals surface area contributed by atoms with E-state index in [4.69, 9.17) is 10.5 Å². The minimum absolute atomic E-state index is 0.491. The van der Waals surface area contributed by atoms with Crippen LogP contribution in [0.2, 0.25) is 0 Å². The standard InChI is InChI=1S/C15H24N2O/c1-2-18-15-10-6-5-9-14(15)17-13-8-4-3-7-12(13)11-16/h5-6,9-10,12-13,17H,2-4,7-8,11,16H2,1H3. The van der Waals surface area contributed by atoms with Crippen LogP contribution in [0.25, 0.3) is 0 Å². The molecule has 2 rings (SSSR count). The molecule has 0 spiro atoms. The van der Waals surface area contributed by atoms with Crippen molar-refractivity contribution in [1.82, 2.24) is 0 Å². The van der Waals surface area contributed by atoms with Crippen LogP contribution in [0.15, 0.2) is 24.3 Å². The van der Waals surface area contributed by atoms with Gasteiger partial charge in [-0.05, 0) is 44.4 Å². The van der Waals surface area contributed by atoms with Crippen LogP contribution in [0.3, 0.4) is 0 Å². The zero-order valence-electron chi connectivity index (χ0n) is 11.2. The average molecular weight is 248 g/mol. The van der Waals surface area contributed by atoms with E-state index in [1.165, 1.54) is 25.7 Å². The number of hydrogen-bond donors (Lipinski definition) is 2. The molecule has 0 radical (unpaired) electrons. The molecule has 3 nitrogen and oxygen atoms in total. The summed E-state index contributed by atoms with van der Waals surface area (Å²) in [5.41, 5.74) is 6.97. The minimum Gasteiger partial charge on any atom is -0.492 e. The largest absolute Gasteiger partial charge is 0.492 e. The smallest absolute Gasteiger partial charge is 0.142 e. The zero-order valence-corrected chi connectivity index (χ0v) is 11.2. The Balaban J connectivity index is 2.07. The number of benzene rings is 1. The Bertz CT molecular complexity index is 367. The molecule has 0 aromatic heterocycles. The van der Waals surface area contributed by atoms with Crippen molar-refractivity contribution >= 4 is 5.69 Å². The molecule has 0 heterocycles. The summed E-state index contributed by atoms with van der Waals surface area (Å²) < 4.78 is 5.65. The van der Waals surface area contributed by atoms with Gasteiger partial charge in [0.15, 0.2) is 0 Å². The van der Waals surface area contributed by atoms with Crippen molar-refractivity contribution < 1.29 is 4.74 Å². The molecule has 1 fully saturated rings. The molecular weight excluding hydrogens is 224 g/mol. The molecule has 2 unspecified atom stereocenters. The third-order valence-electron chi connectivity index (χ3n) is 3.74. The average Bonchev–Trinajstić information content (AvgIpc) is 2.42. The van der Waals surface area contributed by atoms with Crippen molar-refractivity contribution in [1.29, 1.82) is 0 Å². The molecule has 0 saturated heterocycles. The van der Waals surface area contributed by atoms with E-state index in [1.54, 1.807) is 0 Å². The summed E-state index contributed by atoms with van der Waals surface area (Å²) in [6.45, 7) is 3.48. The topological polar surface area (TPSA) is 47.3 Å². The van der Waals surface area contributed by atoms with Crippen molar-refractivity contribution in [3.63, 3.8) is 0 Å². The van der Waals surface area contributed by atoms with E-state index in [0.717, 1.165) is 18.0 Å². The molecule has 3 N–H and O–H groups in total. The van der Waals surface area contributed by atoms with Crippen molar-refractivity contribution in [3.8, 4) is 5.75 Å². The summed E-state index contributed by atoms with van der Waals surface area (Å²) in [5, 5.41) is 3.63. The fourth-order valence-electron chi connectivity index (χ4n) is 2.75. The van der Waals surface area contributed by atoms with Crippen LogP contribution < -0.4 is 15.8 Å². The molecule has 1 saturated carbocycles. The Kier molecular flexibility index (Phi) is 4.88. The normalized spacial score (nSPS) is 23.7. The van der Waals surface area contributed by atoms with Gasteiger partial charge in [0.05, 0.1) is 12.3 Å². The van der Waals surface area contributed by atoms with Crippen molar-refractivity contribution in [3.05, 3.63) is 24.3 Å². The van der Waals surface area contributed by atoms with Gasteiger partial charge < -0.3 is 15.8 Å². The van der Waals surface area contributed by atoms with E-state index in [9.17, 15) is 0 Å². The van der Waals surface area contributed by atoms with Gasteiger partial charge in [0, 0.05) is 6.04 Å². The van der Waals surface area contributed by atoms with Gasteiger partial charge in [-0.2, -0.15) is 0 Å². The van der Waals surface area contributed by atoms with Gasteiger partial charge in [0.1, 0.15) is 5.75 Å².